The molecule has 1 saturated heterocycles. The first-order valence-corrected chi connectivity index (χ1v) is 9.18. The topological polar surface area (TPSA) is 52.6 Å². The Morgan fingerprint density at radius 2 is 1.48 bits per heavy atom. The Balaban J connectivity index is 2.07. The Bertz CT molecular complexity index is 589. The van der Waals surface area contributed by atoms with Gasteiger partial charge in [-0.15, -0.1) is 0 Å². The summed E-state index contributed by atoms with van der Waals surface area (Å²) in [6.45, 7) is 8.09. The van der Waals surface area contributed by atoms with Crippen LogP contribution in [0.25, 0.3) is 0 Å². The van der Waals surface area contributed by atoms with Gasteiger partial charge in [0.25, 0.3) is 0 Å². The Kier molecular flexibility index (Phi) is 4.26. The monoisotopic (exact) mass is 310 g/mol. The van der Waals surface area contributed by atoms with Crippen molar-refractivity contribution < 1.29 is 17.7 Å². The van der Waals surface area contributed by atoms with Crippen molar-refractivity contribution >= 4 is 22.4 Å². The van der Waals surface area contributed by atoms with Gasteiger partial charge in [-0.25, -0.2) is 8.42 Å². The van der Waals surface area contributed by atoms with Gasteiger partial charge in [0.05, 0.1) is 17.0 Å². The minimum absolute atomic E-state index is 0.169. The molecule has 4 nitrogen and oxygen atoms in total. The standard InChI is InChI=1S/C15H23BO4S/c1-14(2)15(3,4)20-16(19-14)13-8-6-12(7-9-13)10-11-21(5,17)18/h6-9H,10-11H2,1-5H3. The van der Waals surface area contributed by atoms with Gasteiger partial charge in [-0.05, 0) is 45.1 Å². The first kappa shape index (κ1) is 16.5. The molecule has 0 saturated carbocycles. The molecule has 1 aromatic carbocycles. The number of benzene rings is 1. The Labute approximate surface area is 127 Å². The summed E-state index contributed by atoms with van der Waals surface area (Å²) in [5.74, 6) is 0.169. The van der Waals surface area contributed by atoms with Gasteiger partial charge in [0.1, 0.15) is 9.84 Å². The summed E-state index contributed by atoms with van der Waals surface area (Å²) in [5.41, 5.74) is 1.25. The fourth-order valence-electron chi connectivity index (χ4n) is 2.12. The molecule has 0 amide bonds. The number of sulfone groups is 1. The summed E-state index contributed by atoms with van der Waals surface area (Å²) < 4.78 is 34.3. The van der Waals surface area contributed by atoms with E-state index in [1.807, 2.05) is 52.0 Å². The maximum absolute atomic E-state index is 11.2. The second kappa shape index (κ2) is 5.41. The minimum atomic E-state index is -2.93. The molecule has 21 heavy (non-hydrogen) atoms. The highest BCUT2D eigenvalue weighted by molar-refractivity contribution is 7.90. The lowest BCUT2D eigenvalue weighted by atomic mass is 9.79. The van der Waals surface area contributed by atoms with E-state index in [-0.39, 0.29) is 24.1 Å². The Hall–Kier alpha value is -0.845. The maximum atomic E-state index is 11.2. The molecule has 116 valence electrons. The zero-order valence-corrected chi connectivity index (χ0v) is 14.2. The van der Waals surface area contributed by atoms with E-state index in [0.29, 0.717) is 6.42 Å². The summed E-state index contributed by atoms with van der Waals surface area (Å²) in [5, 5.41) is 0. The smallest absolute Gasteiger partial charge is 0.399 e. The van der Waals surface area contributed by atoms with E-state index in [2.05, 4.69) is 0 Å². The molecular formula is C15H23BO4S. The summed E-state index contributed by atoms with van der Waals surface area (Å²) >= 11 is 0. The molecule has 0 aliphatic carbocycles. The Morgan fingerprint density at radius 3 is 1.90 bits per heavy atom. The number of hydrogen-bond donors (Lipinski definition) is 0. The molecule has 1 aliphatic rings. The van der Waals surface area contributed by atoms with Crippen molar-refractivity contribution in [3.63, 3.8) is 0 Å². The van der Waals surface area contributed by atoms with Crippen LogP contribution in [0.4, 0.5) is 0 Å². The normalized spacial score (nSPS) is 20.7. The molecule has 0 atom stereocenters. The molecule has 6 heteroatoms. The highest BCUT2D eigenvalue weighted by atomic mass is 32.2. The van der Waals surface area contributed by atoms with Crippen LogP contribution in [-0.2, 0) is 25.6 Å². The molecule has 1 aromatic rings. The third kappa shape index (κ3) is 3.87. The minimum Gasteiger partial charge on any atom is -0.399 e. The van der Waals surface area contributed by atoms with Crippen LogP contribution in [0.2, 0.25) is 0 Å². The quantitative estimate of drug-likeness (QED) is 0.792. The van der Waals surface area contributed by atoms with Crippen molar-refractivity contribution in [3.05, 3.63) is 29.8 Å². The molecule has 0 aromatic heterocycles. The predicted molar refractivity (Wildman–Crippen MR) is 85.6 cm³/mol. The average molecular weight is 310 g/mol. The molecule has 0 spiro atoms. The average Bonchev–Trinajstić information content (AvgIpc) is 2.56. The van der Waals surface area contributed by atoms with Crippen LogP contribution in [-0.4, -0.2) is 38.7 Å². The summed E-state index contributed by atoms with van der Waals surface area (Å²) in [6.07, 6.45) is 1.79. The third-order valence-corrected chi connectivity index (χ3v) is 5.21. The van der Waals surface area contributed by atoms with Crippen LogP contribution in [0.15, 0.2) is 24.3 Å². The fraction of sp³-hybridized carbons (Fsp3) is 0.600. The SMILES string of the molecule is CC1(C)OB(c2ccc(CCS(C)(=O)=O)cc2)OC1(C)C. The first-order valence-electron chi connectivity index (χ1n) is 7.12. The largest absolute Gasteiger partial charge is 0.494 e. The maximum Gasteiger partial charge on any atom is 0.494 e. The molecule has 1 heterocycles. The Morgan fingerprint density at radius 1 is 1.00 bits per heavy atom. The highest BCUT2D eigenvalue weighted by Crippen LogP contribution is 2.36. The lowest BCUT2D eigenvalue weighted by Crippen LogP contribution is -2.41. The second-order valence-electron chi connectivity index (χ2n) is 6.71. The van der Waals surface area contributed by atoms with E-state index >= 15 is 0 Å². The van der Waals surface area contributed by atoms with E-state index < -0.39 is 9.84 Å². The van der Waals surface area contributed by atoms with Crippen molar-refractivity contribution in [1.29, 1.82) is 0 Å². The van der Waals surface area contributed by atoms with Crippen LogP contribution in [0.3, 0.4) is 0 Å². The van der Waals surface area contributed by atoms with Crippen LogP contribution in [0, 0.1) is 0 Å². The fourth-order valence-corrected chi connectivity index (χ4v) is 2.73. The zero-order chi connectivity index (χ0) is 15.9. The van der Waals surface area contributed by atoms with E-state index in [0.717, 1.165) is 11.0 Å². The van der Waals surface area contributed by atoms with E-state index in [9.17, 15) is 8.42 Å². The molecule has 0 radical (unpaired) electrons. The van der Waals surface area contributed by atoms with Crippen LogP contribution in [0.1, 0.15) is 33.3 Å². The molecule has 0 N–H and O–H groups in total. The van der Waals surface area contributed by atoms with Gasteiger partial charge in [-0.1, -0.05) is 24.3 Å². The van der Waals surface area contributed by atoms with Gasteiger partial charge in [-0.3, -0.25) is 0 Å². The summed E-state index contributed by atoms with van der Waals surface area (Å²) in [4.78, 5) is 0. The molecule has 0 unspecified atom stereocenters. The van der Waals surface area contributed by atoms with Gasteiger partial charge in [-0.2, -0.15) is 0 Å². The molecule has 0 bridgehead atoms. The number of rotatable bonds is 4. The number of hydrogen-bond acceptors (Lipinski definition) is 4. The second-order valence-corrected chi connectivity index (χ2v) is 8.97. The van der Waals surface area contributed by atoms with Crippen molar-refractivity contribution in [3.8, 4) is 0 Å². The lowest BCUT2D eigenvalue weighted by Gasteiger charge is -2.32. The van der Waals surface area contributed by atoms with Crippen molar-refractivity contribution in [1.82, 2.24) is 0 Å². The van der Waals surface area contributed by atoms with Crippen molar-refractivity contribution in [2.24, 2.45) is 0 Å². The molecule has 1 fully saturated rings. The highest BCUT2D eigenvalue weighted by Gasteiger charge is 2.51. The van der Waals surface area contributed by atoms with Crippen LogP contribution in [0.5, 0.6) is 0 Å². The van der Waals surface area contributed by atoms with E-state index in [1.165, 1.54) is 6.26 Å². The van der Waals surface area contributed by atoms with Crippen LogP contribution < -0.4 is 5.46 Å². The van der Waals surface area contributed by atoms with Gasteiger partial charge in [0.15, 0.2) is 0 Å². The third-order valence-electron chi connectivity index (χ3n) is 4.27. The van der Waals surface area contributed by atoms with Crippen LogP contribution >= 0.6 is 0 Å². The van der Waals surface area contributed by atoms with E-state index in [4.69, 9.17) is 9.31 Å². The van der Waals surface area contributed by atoms with Gasteiger partial charge < -0.3 is 9.31 Å². The van der Waals surface area contributed by atoms with E-state index in [1.54, 1.807) is 0 Å². The van der Waals surface area contributed by atoms with Crippen molar-refractivity contribution in [2.75, 3.05) is 12.0 Å². The molecule has 2 rings (SSSR count). The molecule has 1 aliphatic heterocycles. The summed E-state index contributed by atoms with van der Waals surface area (Å²) in [7, 11) is -3.30. The van der Waals surface area contributed by atoms with Gasteiger partial charge in [0, 0.05) is 6.26 Å². The van der Waals surface area contributed by atoms with Crippen molar-refractivity contribution in [2.45, 2.75) is 45.3 Å². The summed E-state index contributed by atoms with van der Waals surface area (Å²) in [6, 6.07) is 7.76. The first-order chi connectivity index (χ1) is 9.50. The zero-order valence-electron chi connectivity index (χ0n) is 13.3. The lowest BCUT2D eigenvalue weighted by molar-refractivity contribution is 0.00578. The number of aryl methyl sites for hydroxylation is 1. The molecular weight excluding hydrogens is 287 g/mol. The van der Waals surface area contributed by atoms with Gasteiger partial charge >= 0.3 is 7.12 Å². The van der Waals surface area contributed by atoms with Gasteiger partial charge in [0.2, 0.25) is 0 Å². The predicted octanol–water partition coefficient (Wildman–Crippen LogP) is 1.57.